The topological polar surface area (TPSA) is 140 Å². The van der Waals surface area contributed by atoms with Gasteiger partial charge in [-0.15, -0.1) is 0 Å². The van der Waals surface area contributed by atoms with Crippen LogP contribution in [0.2, 0.25) is 5.02 Å². The van der Waals surface area contributed by atoms with Crippen molar-refractivity contribution in [2.75, 3.05) is 19.9 Å². The van der Waals surface area contributed by atoms with E-state index >= 15 is 0 Å². The van der Waals surface area contributed by atoms with Crippen molar-refractivity contribution in [2.45, 2.75) is 72.6 Å². The molecule has 216 valence electrons. The molecule has 0 bridgehead atoms. The second-order valence-corrected chi connectivity index (χ2v) is 11.4. The summed E-state index contributed by atoms with van der Waals surface area (Å²) in [5, 5.41) is 5.67. The number of urea groups is 1. The van der Waals surface area contributed by atoms with E-state index in [1.807, 2.05) is 26.0 Å². The molecule has 2 N–H and O–H groups in total. The van der Waals surface area contributed by atoms with Crippen LogP contribution >= 0.6 is 11.6 Å². The van der Waals surface area contributed by atoms with Gasteiger partial charge in [0.05, 0.1) is 12.5 Å². The molecule has 2 unspecified atom stereocenters. The highest BCUT2D eigenvalue weighted by Crippen LogP contribution is 2.40. The van der Waals surface area contributed by atoms with E-state index in [-0.39, 0.29) is 24.7 Å². The number of nitrogens with zero attached hydrogens (tertiary/aromatic N) is 1. The number of halogens is 1. The second-order valence-electron chi connectivity index (χ2n) is 10.9. The van der Waals surface area contributed by atoms with Crippen LogP contribution in [0.5, 0.6) is 0 Å². The largest absolute Gasteiger partial charge is 0.513 e. The van der Waals surface area contributed by atoms with Crippen LogP contribution in [0, 0.1) is 11.3 Å². The molecule has 1 aromatic rings. The summed E-state index contributed by atoms with van der Waals surface area (Å²) >= 11 is 6.00. The molecule has 0 spiro atoms. The first kappa shape index (κ1) is 31.9. The van der Waals surface area contributed by atoms with E-state index in [1.165, 1.54) is 18.7 Å². The molecule has 0 aromatic heterocycles. The van der Waals surface area contributed by atoms with Crippen molar-refractivity contribution >= 4 is 41.4 Å². The van der Waals surface area contributed by atoms with Crippen molar-refractivity contribution < 1.29 is 38.2 Å². The summed E-state index contributed by atoms with van der Waals surface area (Å²) in [6, 6.07) is 5.41. The Morgan fingerprint density at radius 1 is 1.13 bits per heavy atom. The van der Waals surface area contributed by atoms with Crippen LogP contribution in [0.15, 0.2) is 24.3 Å². The molecule has 1 saturated heterocycles. The van der Waals surface area contributed by atoms with Gasteiger partial charge in [-0.05, 0) is 42.9 Å². The van der Waals surface area contributed by atoms with E-state index in [0.29, 0.717) is 11.6 Å². The van der Waals surface area contributed by atoms with E-state index in [1.54, 1.807) is 32.9 Å². The Morgan fingerprint density at radius 2 is 1.74 bits per heavy atom. The van der Waals surface area contributed by atoms with Crippen LogP contribution in [0.3, 0.4) is 0 Å². The lowest BCUT2D eigenvalue weighted by Crippen LogP contribution is -2.60. The molecule has 2 rings (SSSR count). The minimum absolute atomic E-state index is 0.0921. The van der Waals surface area contributed by atoms with E-state index in [0.717, 1.165) is 5.56 Å². The molecule has 3 amide bonds. The minimum Gasteiger partial charge on any atom is -0.428 e. The summed E-state index contributed by atoms with van der Waals surface area (Å²) in [5.41, 5.74) is -1.25. The number of esters is 1. The summed E-state index contributed by atoms with van der Waals surface area (Å²) in [7, 11) is 0. The molecule has 39 heavy (non-hydrogen) atoms. The zero-order valence-electron chi connectivity index (χ0n) is 23.5. The van der Waals surface area contributed by atoms with Crippen LogP contribution in [-0.4, -0.2) is 66.4 Å². The van der Waals surface area contributed by atoms with Gasteiger partial charge in [-0.1, -0.05) is 58.4 Å². The van der Waals surface area contributed by atoms with Gasteiger partial charge in [0.2, 0.25) is 12.7 Å². The highest BCUT2D eigenvalue weighted by molar-refractivity contribution is 6.30. The van der Waals surface area contributed by atoms with Gasteiger partial charge in [0.1, 0.15) is 6.04 Å². The fraction of sp³-hybridized carbons (Fsp3) is 0.593. The molecule has 0 radical (unpaired) electrons. The number of Topliss-reactive ketones (excluding diaryl/α,β-unsaturated/α-hetero) is 1. The number of hydrogen-bond donors (Lipinski definition) is 2. The predicted octanol–water partition coefficient (Wildman–Crippen LogP) is 3.98. The first-order valence-corrected chi connectivity index (χ1v) is 13.1. The fourth-order valence-corrected chi connectivity index (χ4v) is 4.60. The van der Waals surface area contributed by atoms with Crippen molar-refractivity contribution in [2.24, 2.45) is 11.3 Å². The van der Waals surface area contributed by atoms with E-state index in [2.05, 4.69) is 20.1 Å². The number of amides is 3. The van der Waals surface area contributed by atoms with Crippen LogP contribution in [0.4, 0.5) is 9.59 Å². The third-order valence-corrected chi connectivity index (χ3v) is 6.47. The average molecular weight is 568 g/mol. The lowest BCUT2D eigenvalue weighted by atomic mass is 9.69. The van der Waals surface area contributed by atoms with Crippen molar-refractivity contribution in [3.05, 3.63) is 34.9 Å². The number of ketones is 1. The Kier molecular flexibility index (Phi) is 10.7. The molecule has 12 heteroatoms. The Morgan fingerprint density at radius 3 is 2.28 bits per heavy atom. The third-order valence-electron chi connectivity index (χ3n) is 6.22. The molecular formula is C27H38ClN3O8. The molecule has 0 saturated carbocycles. The predicted molar refractivity (Wildman–Crippen MR) is 143 cm³/mol. The highest BCUT2D eigenvalue weighted by atomic mass is 35.5. The summed E-state index contributed by atoms with van der Waals surface area (Å²) in [5.74, 6) is -1.77. The van der Waals surface area contributed by atoms with Crippen LogP contribution in [0.1, 0.15) is 66.4 Å². The maximum atomic E-state index is 13.5. The second kappa shape index (κ2) is 13.1. The van der Waals surface area contributed by atoms with Gasteiger partial charge in [0, 0.05) is 18.0 Å². The number of benzene rings is 1. The molecule has 11 nitrogen and oxygen atoms in total. The van der Waals surface area contributed by atoms with Gasteiger partial charge in [0.25, 0.3) is 0 Å². The number of rotatable bonds is 9. The number of ether oxygens (including phenoxy) is 3. The number of carbonyl (C=O) groups is 5. The Bertz CT molecular complexity index is 1070. The van der Waals surface area contributed by atoms with Crippen LogP contribution < -0.4 is 10.6 Å². The van der Waals surface area contributed by atoms with Gasteiger partial charge in [-0.2, -0.15) is 0 Å². The van der Waals surface area contributed by atoms with Crippen LogP contribution in [-0.2, 0) is 28.6 Å². The summed E-state index contributed by atoms with van der Waals surface area (Å²) in [4.78, 5) is 64.0. The normalized spacial score (nSPS) is 17.7. The summed E-state index contributed by atoms with van der Waals surface area (Å²) < 4.78 is 14.4. The maximum Gasteiger partial charge on any atom is 0.513 e. The smallest absolute Gasteiger partial charge is 0.428 e. The lowest BCUT2D eigenvalue weighted by Gasteiger charge is -2.44. The van der Waals surface area contributed by atoms with Crippen molar-refractivity contribution in [3.63, 3.8) is 0 Å². The van der Waals surface area contributed by atoms with Gasteiger partial charge in [-0.25, -0.2) is 9.59 Å². The zero-order chi connectivity index (χ0) is 29.5. The minimum atomic E-state index is -1.52. The number of carbonyl (C=O) groups excluding carboxylic acids is 5. The van der Waals surface area contributed by atoms with Gasteiger partial charge >= 0.3 is 18.2 Å². The average Bonchev–Trinajstić information content (AvgIpc) is 2.81. The number of nitrogens with one attached hydrogen (secondary N) is 2. The van der Waals surface area contributed by atoms with Crippen LogP contribution in [0.25, 0.3) is 0 Å². The quantitative estimate of drug-likeness (QED) is 0.337. The van der Waals surface area contributed by atoms with E-state index in [4.69, 9.17) is 16.3 Å². The summed E-state index contributed by atoms with van der Waals surface area (Å²) in [6.07, 6.45) is -1.04. The Balaban J connectivity index is 2.02. The molecule has 1 fully saturated rings. The highest BCUT2D eigenvalue weighted by Gasteiger charge is 2.45. The molecular weight excluding hydrogens is 530 g/mol. The molecule has 1 aliphatic rings. The monoisotopic (exact) mass is 567 g/mol. The van der Waals surface area contributed by atoms with E-state index in [9.17, 15) is 24.0 Å². The van der Waals surface area contributed by atoms with Gasteiger partial charge in [-0.3, -0.25) is 14.4 Å². The fourth-order valence-electron chi connectivity index (χ4n) is 4.47. The number of likely N-dealkylation sites (tertiary alicyclic amines) is 1. The SMILES string of the molecule is CCC(=O)OCOC(=O)OC(C)(C)NC(=O)NC(C(=O)N1CC(=O)C(c2ccc(Cl)cc2)C(C)(C)C1)C(C)C. The number of piperidine rings is 1. The maximum absolute atomic E-state index is 13.5. The standard InChI is InChI=1S/C27H38ClN3O8/c1-8-20(33)37-15-38-25(36)39-27(6,7)30-24(35)29-22(16(2)3)23(34)31-13-19(32)21(26(4,5)14-31)17-9-11-18(28)12-10-17/h9-12,16,21-22H,8,13-15H2,1-7H3,(H2,29,30,35). The summed E-state index contributed by atoms with van der Waals surface area (Å²) in [6.45, 7) is 11.4. The van der Waals surface area contributed by atoms with Crippen molar-refractivity contribution in [1.82, 2.24) is 15.5 Å². The first-order chi connectivity index (χ1) is 18.1. The third kappa shape index (κ3) is 9.12. The van der Waals surface area contributed by atoms with Crippen molar-refractivity contribution in [1.29, 1.82) is 0 Å². The molecule has 1 heterocycles. The van der Waals surface area contributed by atoms with E-state index < -0.39 is 54.0 Å². The van der Waals surface area contributed by atoms with Gasteiger partial charge in [0.15, 0.2) is 11.5 Å². The molecule has 0 aliphatic carbocycles. The number of hydrogen-bond acceptors (Lipinski definition) is 8. The Labute approximate surface area is 233 Å². The zero-order valence-corrected chi connectivity index (χ0v) is 24.2. The van der Waals surface area contributed by atoms with Crippen molar-refractivity contribution in [3.8, 4) is 0 Å². The molecule has 1 aromatic carbocycles. The Hall–Kier alpha value is -3.34. The van der Waals surface area contributed by atoms with Gasteiger partial charge < -0.3 is 29.7 Å². The first-order valence-electron chi connectivity index (χ1n) is 12.7. The molecule has 2 atom stereocenters. The molecule has 1 aliphatic heterocycles. The lowest BCUT2D eigenvalue weighted by molar-refractivity contribution is -0.154.